The first-order valence-electron chi connectivity index (χ1n) is 8.80. The van der Waals surface area contributed by atoms with E-state index in [0.29, 0.717) is 12.1 Å². The van der Waals surface area contributed by atoms with Gasteiger partial charge in [0.2, 0.25) is 0 Å². The van der Waals surface area contributed by atoms with Gasteiger partial charge in [0.15, 0.2) is 6.61 Å². The molecule has 0 unspecified atom stereocenters. The van der Waals surface area contributed by atoms with Crippen molar-refractivity contribution in [2.75, 3.05) is 6.61 Å². The number of alkyl halides is 2. The highest BCUT2D eigenvalue weighted by Gasteiger charge is 2.26. The van der Waals surface area contributed by atoms with Crippen LogP contribution in [0.4, 0.5) is 8.78 Å². The molecule has 0 atom stereocenters. The van der Waals surface area contributed by atoms with Gasteiger partial charge in [0.25, 0.3) is 5.91 Å². The summed E-state index contributed by atoms with van der Waals surface area (Å²) in [5.41, 5.74) is 1.28. The zero-order chi connectivity index (χ0) is 20.6. The van der Waals surface area contributed by atoms with Gasteiger partial charge in [-0.2, -0.15) is 8.78 Å². The molecule has 0 aliphatic rings. The van der Waals surface area contributed by atoms with E-state index in [1.54, 1.807) is 17.0 Å². The van der Waals surface area contributed by atoms with Gasteiger partial charge in [0, 0.05) is 12.1 Å². The zero-order valence-electron chi connectivity index (χ0n) is 16.1. The Morgan fingerprint density at radius 1 is 1.11 bits per heavy atom. The third-order valence-corrected chi connectivity index (χ3v) is 3.86. The van der Waals surface area contributed by atoms with E-state index >= 15 is 0 Å². The molecule has 0 bridgehead atoms. The fraction of sp³-hybridized carbons (Fsp3) is 0.333. The minimum absolute atomic E-state index is 0.0602. The van der Waals surface area contributed by atoms with E-state index in [1.165, 1.54) is 18.3 Å². The summed E-state index contributed by atoms with van der Waals surface area (Å²) < 4.78 is 28.5. The summed E-state index contributed by atoms with van der Waals surface area (Å²) in [6.45, 7) is 3.28. The number of oxime groups is 1. The third kappa shape index (κ3) is 6.98. The standard InChI is InChI=1S/C21H24F2N2O3/c1-21(2,3)25(14-17-7-5-4-6-8-17)19(26)15-27-24-13-16-9-11-18(12-10-16)28-20(22)23/h4-13,20H,14-15H2,1-3H3. The summed E-state index contributed by atoms with van der Waals surface area (Å²) in [6, 6.07) is 15.6. The van der Waals surface area contributed by atoms with Crippen molar-refractivity contribution in [3.05, 3.63) is 65.7 Å². The molecule has 2 aromatic carbocycles. The molecule has 0 N–H and O–H groups in total. The predicted molar refractivity (Wildman–Crippen MR) is 103 cm³/mol. The molecule has 0 radical (unpaired) electrons. The average Bonchev–Trinajstić information content (AvgIpc) is 2.64. The van der Waals surface area contributed by atoms with Gasteiger partial charge in [-0.1, -0.05) is 35.5 Å². The number of ether oxygens (including phenoxy) is 1. The second-order valence-electron chi connectivity index (χ2n) is 7.09. The minimum Gasteiger partial charge on any atom is -0.435 e. The fourth-order valence-electron chi connectivity index (χ4n) is 2.47. The maximum atomic E-state index is 12.6. The molecule has 0 heterocycles. The molecular formula is C21H24F2N2O3. The molecule has 0 aliphatic carbocycles. The monoisotopic (exact) mass is 390 g/mol. The van der Waals surface area contributed by atoms with Crippen molar-refractivity contribution in [1.29, 1.82) is 0 Å². The zero-order valence-corrected chi connectivity index (χ0v) is 16.1. The number of halogens is 2. The van der Waals surface area contributed by atoms with E-state index in [0.717, 1.165) is 5.56 Å². The lowest BCUT2D eigenvalue weighted by Gasteiger charge is -2.35. The van der Waals surface area contributed by atoms with Gasteiger partial charge in [0.1, 0.15) is 5.75 Å². The molecule has 150 valence electrons. The number of hydrogen-bond donors (Lipinski definition) is 0. The highest BCUT2D eigenvalue weighted by molar-refractivity contribution is 5.80. The van der Waals surface area contributed by atoms with Gasteiger partial charge < -0.3 is 14.5 Å². The SMILES string of the molecule is CC(C)(C)N(Cc1ccccc1)C(=O)CON=Cc1ccc(OC(F)F)cc1. The fourth-order valence-corrected chi connectivity index (χ4v) is 2.47. The summed E-state index contributed by atoms with van der Waals surface area (Å²) in [6.07, 6.45) is 1.40. The topological polar surface area (TPSA) is 51.1 Å². The maximum absolute atomic E-state index is 12.6. The molecule has 28 heavy (non-hydrogen) atoms. The second kappa shape index (κ2) is 9.82. The number of hydrogen-bond acceptors (Lipinski definition) is 4. The average molecular weight is 390 g/mol. The quantitative estimate of drug-likeness (QED) is 0.494. The Bertz CT molecular complexity index is 772. The van der Waals surface area contributed by atoms with Crippen molar-refractivity contribution in [2.24, 2.45) is 5.16 Å². The van der Waals surface area contributed by atoms with Gasteiger partial charge in [-0.25, -0.2) is 0 Å². The first kappa shape index (κ1) is 21.3. The van der Waals surface area contributed by atoms with Crippen LogP contribution in [0.25, 0.3) is 0 Å². The molecule has 7 heteroatoms. The largest absolute Gasteiger partial charge is 0.435 e. The van der Waals surface area contributed by atoms with Crippen molar-refractivity contribution < 1.29 is 23.1 Å². The van der Waals surface area contributed by atoms with E-state index in [-0.39, 0.29) is 23.8 Å². The summed E-state index contributed by atoms with van der Waals surface area (Å²) in [4.78, 5) is 19.5. The van der Waals surface area contributed by atoms with Crippen LogP contribution in [0.3, 0.4) is 0 Å². The van der Waals surface area contributed by atoms with E-state index < -0.39 is 6.61 Å². The van der Waals surface area contributed by atoms with Crippen molar-refractivity contribution in [3.63, 3.8) is 0 Å². The minimum atomic E-state index is -2.87. The Hall–Kier alpha value is -2.96. The van der Waals surface area contributed by atoms with Crippen molar-refractivity contribution in [1.82, 2.24) is 4.90 Å². The van der Waals surface area contributed by atoms with Gasteiger partial charge >= 0.3 is 6.61 Å². The molecule has 5 nitrogen and oxygen atoms in total. The van der Waals surface area contributed by atoms with Crippen LogP contribution in [0, 0.1) is 0 Å². The molecule has 2 aromatic rings. The molecule has 0 aliphatic heterocycles. The summed E-state index contributed by atoms with van der Waals surface area (Å²) in [5, 5.41) is 3.78. The first-order valence-corrected chi connectivity index (χ1v) is 8.80. The number of benzene rings is 2. The van der Waals surface area contributed by atoms with Gasteiger partial charge in [-0.3, -0.25) is 4.79 Å². The Balaban J connectivity index is 1.90. The highest BCUT2D eigenvalue weighted by Crippen LogP contribution is 2.18. The summed E-state index contributed by atoms with van der Waals surface area (Å²) in [7, 11) is 0. The molecule has 1 amide bonds. The number of nitrogens with zero attached hydrogens (tertiary/aromatic N) is 2. The predicted octanol–water partition coefficient (Wildman–Crippen LogP) is 4.47. The highest BCUT2D eigenvalue weighted by atomic mass is 19.3. The Morgan fingerprint density at radius 2 is 1.75 bits per heavy atom. The number of carbonyl (C=O) groups is 1. The lowest BCUT2D eigenvalue weighted by atomic mass is 10.0. The lowest BCUT2D eigenvalue weighted by Crippen LogP contribution is -2.46. The summed E-state index contributed by atoms with van der Waals surface area (Å²) in [5.74, 6) is -0.126. The van der Waals surface area contributed by atoms with Gasteiger partial charge in [-0.05, 0) is 56.2 Å². The van der Waals surface area contributed by atoms with Crippen LogP contribution in [0.2, 0.25) is 0 Å². The van der Waals surface area contributed by atoms with Gasteiger partial charge in [0.05, 0.1) is 6.21 Å². The van der Waals surface area contributed by atoms with Crippen LogP contribution in [0.5, 0.6) is 5.75 Å². The number of carbonyl (C=O) groups excluding carboxylic acids is 1. The molecule has 0 spiro atoms. The van der Waals surface area contributed by atoms with Gasteiger partial charge in [-0.15, -0.1) is 0 Å². The Labute approximate surface area is 163 Å². The molecular weight excluding hydrogens is 366 g/mol. The Morgan fingerprint density at radius 3 is 2.32 bits per heavy atom. The van der Waals surface area contributed by atoms with Crippen LogP contribution < -0.4 is 4.74 Å². The molecule has 0 fully saturated rings. The second-order valence-corrected chi connectivity index (χ2v) is 7.09. The lowest BCUT2D eigenvalue weighted by molar-refractivity contribution is -0.141. The van der Waals surface area contributed by atoms with Crippen molar-refractivity contribution in [2.45, 2.75) is 39.5 Å². The van der Waals surface area contributed by atoms with Crippen LogP contribution >= 0.6 is 0 Å². The smallest absolute Gasteiger partial charge is 0.387 e. The normalized spacial score (nSPS) is 11.6. The number of rotatable bonds is 8. The molecule has 2 rings (SSSR count). The molecule has 0 saturated heterocycles. The van der Waals surface area contributed by atoms with Crippen LogP contribution in [-0.4, -0.2) is 35.8 Å². The molecule has 0 aromatic heterocycles. The molecule has 0 saturated carbocycles. The van der Waals surface area contributed by atoms with Crippen LogP contribution in [0.15, 0.2) is 59.8 Å². The Kier molecular flexibility index (Phi) is 7.49. The van der Waals surface area contributed by atoms with E-state index in [1.807, 2.05) is 51.1 Å². The van der Waals surface area contributed by atoms with E-state index in [4.69, 9.17) is 4.84 Å². The first-order chi connectivity index (χ1) is 13.3. The van der Waals surface area contributed by atoms with E-state index in [9.17, 15) is 13.6 Å². The van der Waals surface area contributed by atoms with E-state index in [2.05, 4.69) is 9.89 Å². The van der Waals surface area contributed by atoms with Crippen molar-refractivity contribution in [3.8, 4) is 5.75 Å². The number of amides is 1. The third-order valence-electron chi connectivity index (χ3n) is 3.86. The van der Waals surface area contributed by atoms with Crippen LogP contribution in [0.1, 0.15) is 31.9 Å². The maximum Gasteiger partial charge on any atom is 0.387 e. The summed E-state index contributed by atoms with van der Waals surface area (Å²) >= 11 is 0. The van der Waals surface area contributed by atoms with Crippen LogP contribution in [-0.2, 0) is 16.2 Å². The van der Waals surface area contributed by atoms with Crippen molar-refractivity contribution >= 4 is 12.1 Å².